The van der Waals surface area contributed by atoms with Gasteiger partial charge in [-0.25, -0.2) is 4.79 Å². The number of ether oxygens (including phenoxy) is 1. The van der Waals surface area contributed by atoms with Gasteiger partial charge >= 0.3 is 6.03 Å². The van der Waals surface area contributed by atoms with Crippen molar-refractivity contribution < 1.29 is 14.6 Å². The number of para-hydroxylation sites is 1. The second-order valence-corrected chi connectivity index (χ2v) is 6.09. The van der Waals surface area contributed by atoms with Gasteiger partial charge in [-0.05, 0) is 25.1 Å². The highest BCUT2D eigenvalue weighted by atomic mass is 32.1. The van der Waals surface area contributed by atoms with Crippen molar-refractivity contribution in [1.82, 2.24) is 4.90 Å². The lowest BCUT2D eigenvalue weighted by molar-refractivity contribution is 0.185. The highest BCUT2D eigenvalue weighted by molar-refractivity contribution is 7.16. The molecule has 0 aliphatic carbocycles. The largest absolute Gasteiger partial charge is 0.496 e. The van der Waals surface area contributed by atoms with Gasteiger partial charge in [0, 0.05) is 17.0 Å². The molecule has 0 saturated carbocycles. The molecule has 5 nitrogen and oxygen atoms in total. The quantitative estimate of drug-likeness (QED) is 0.860. The molecule has 1 aromatic carbocycles. The summed E-state index contributed by atoms with van der Waals surface area (Å²) in [6.07, 6.45) is 0. The van der Waals surface area contributed by atoms with Crippen molar-refractivity contribution in [3.05, 3.63) is 46.8 Å². The normalized spacial score (nSPS) is 10.3. The summed E-state index contributed by atoms with van der Waals surface area (Å²) in [7, 11) is 1.60. The molecule has 0 spiro atoms. The average molecular weight is 320 g/mol. The number of hydrogen-bond donors (Lipinski definition) is 2. The lowest BCUT2D eigenvalue weighted by atomic mass is 10.2. The maximum Gasteiger partial charge on any atom is 0.322 e. The van der Waals surface area contributed by atoms with Crippen LogP contribution in [-0.2, 0) is 6.54 Å². The van der Waals surface area contributed by atoms with E-state index in [9.17, 15) is 9.90 Å². The van der Waals surface area contributed by atoms with E-state index in [1.54, 1.807) is 12.0 Å². The number of rotatable bonds is 6. The van der Waals surface area contributed by atoms with Crippen LogP contribution >= 0.6 is 11.3 Å². The molecule has 118 valence electrons. The smallest absolute Gasteiger partial charge is 0.322 e. The Balaban J connectivity index is 2.10. The lowest BCUT2D eigenvalue weighted by Crippen LogP contribution is -2.36. The minimum atomic E-state index is -0.234. The topological polar surface area (TPSA) is 61.8 Å². The van der Waals surface area contributed by atoms with Gasteiger partial charge < -0.3 is 14.7 Å². The first-order chi connectivity index (χ1) is 10.6. The molecule has 1 heterocycles. The summed E-state index contributed by atoms with van der Waals surface area (Å²) < 4.78 is 5.31. The zero-order valence-corrected chi connectivity index (χ0v) is 13.5. The van der Waals surface area contributed by atoms with Gasteiger partial charge in [0.1, 0.15) is 5.75 Å². The van der Waals surface area contributed by atoms with Gasteiger partial charge in [-0.2, -0.15) is 0 Å². The highest BCUT2D eigenvalue weighted by Crippen LogP contribution is 2.22. The molecular formula is C16H20N2O3S. The monoisotopic (exact) mass is 320 g/mol. The van der Waals surface area contributed by atoms with E-state index in [4.69, 9.17) is 4.74 Å². The third-order valence-corrected chi connectivity index (χ3v) is 4.10. The van der Waals surface area contributed by atoms with E-state index in [0.717, 1.165) is 21.2 Å². The fraction of sp³-hybridized carbons (Fsp3) is 0.312. The molecule has 2 rings (SSSR count). The summed E-state index contributed by atoms with van der Waals surface area (Å²) >= 11 is 1.52. The molecule has 0 bridgehead atoms. The first-order valence-corrected chi connectivity index (χ1v) is 7.81. The molecule has 2 amide bonds. The Labute approximate surface area is 134 Å². The number of anilines is 1. The second-order valence-electron chi connectivity index (χ2n) is 4.80. The van der Waals surface area contributed by atoms with Crippen LogP contribution in [-0.4, -0.2) is 36.3 Å². The van der Waals surface area contributed by atoms with Crippen molar-refractivity contribution in [2.24, 2.45) is 0 Å². The summed E-state index contributed by atoms with van der Waals surface area (Å²) in [5.74, 6) is 0.727. The van der Waals surface area contributed by atoms with E-state index in [-0.39, 0.29) is 19.2 Å². The van der Waals surface area contributed by atoms with E-state index in [2.05, 4.69) is 5.32 Å². The number of aliphatic hydroxyl groups is 1. The number of urea groups is 1. The molecule has 0 fully saturated rings. The van der Waals surface area contributed by atoms with Crippen LogP contribution in [0.15, 0.2) is 36.4 Å². The van der Waals surface area contributed by atoms with Gasteiger partial charge in [-0.3, -0.25) is 5.32 Å². The van der Waals surface area contributed by atoms with Gasteiger partial charge in [0.2, 0.25) is 0 Å². The molecule has 6 heteroatoms. The van der Waals surface area contributed by atoms with E-state index in [0.29, 0.717) is 6.54 Å². The first kappa shape index (κ1) is 16.3. The number of benzene rings is 1. The van der Waals surface area contributed by atoms with E-state index < -0.39 is 0 Å². The number of nitrogens with zero attached hydrogens (tertiary/aromatic N) is 1. The Morgan fingerprint density at radius 2 is 2.09 bits per heavy atom. The van der Waals surface area contributed by atoms with Crippen molar-refractivity contribution in [2.45, 2.75) is 13.5 Å². The molecule has 0 aliphatic heterocycles. The highest BCUT2D eigenvalue weighted by Gasteiger charge is 2.16. The first-order valence-electron chi connectivity index (χ1n) is 6.99. The number of aryl methyl sites for hydroxylation is 1. The fourth-order valence-corrected chi connectivity index (χ4v) is 2.86. The number of carbonyl (C=O) groups excluding carboxylic acids is 1. The lowest BCUT2D eigenvalue weighted by Gasteiger charge is -2.23. The number of carbonyl (C=O) groups is 1. The van der Waals surface area contributed by atoms with E-state index in [1.165, 1.54) is 11.3 Å². The van der Waals surface area contributed by atoms with E-state index >= 15 is 0 Å². The van der Waals surface area contributed by atoms with Crippen LogP contribution in [0.1, 0.15) is 10.4 Å². The Bertz CT molecular complexity index is 627. The molecule has 0 radical (unpaired) electrons. The number of nitrogens with one attached hydrogen (secondary N) is 1. The molecule has 2 N–H and O–H groups in total. The molecule has 1 aromatic heterocycles. The summed E-state index contributed by atoms with van der Waals surface area (Å²) in [4.78, 5) is 15.1. The zero-order chi connectivity index (χ0) is 15.9. The Hall–Kier alpha value is -2.05. The minimum Gasteiger partial charge on any atom is -0.496 e. The Morgan fingerprint density at radius 1 is 1.32 bits per heavy atom. The average Bonchev–Trinajstić information content (AvgIpc) is 2.92. The number of thiophene rings is 1. The third-order valence-electron chi connectivity index (χ3n) is 3.18. The maximum atomic E-state index is 12.4. The van der Waals surface area contributed by atoms with Crippen LogP contribution in [0.2, 0.25) is 0 Å². The SMILES string of the molecule is COc1ccccc1CN(CCO)C(=O)Nc1ccc(C)s1. The van der Waals surface area contributed by atoms with Crippen molar-refractivity contribution in [3.63, 3.8) is 0 Å². The Kier molecular flexibility index (Phi) is 5.80. The van der Waals surface area contributed by atoms with Gasteiger partial charge in [0.15, 0.2) is 0 Å². The van der Waals surface area contributed by atoms with Crippen molar-refractivity contribution in [1.29, 1.82) is 0 Å². The van der Waals surface area contributed by atoms with Crippen molar-refractivity contribution in [3.8, 4) is 5.75 Å². The predicted octanol–water partition coefficient (Wildman–Crippen LogP) is 3.09. The molecular weight excluding hydrogens is 300 g/mol. The van der Waals surface area contributed by atoms with Crippen molar-refractivity contribution >= 4 is 22.4 Å². The number of methoxy groups -OCH3 is 1. The van der Waals surface area contributed by atoms with Gasteiger partial charge in [-0.15, -0.1) is 11.3 Å². The van der Waals surface area contributed by atoms with Crippen molar-refractivity contribution in [2.75, 3.05) is 25.6 Å². The van der Waals surface area contributed by atoms with Crippen LogP contribution < -0.4 is 10.1 Å². The molecule has 2 aromatic rings. The summed E-state index contributed by atoms with van der Waals surface area (Å²) in [5.41, 5.74) is 0.899. The number of hydrogen-bond acceptors (Lipinski definition) is 4. The zero-order valence-electron chi connectivity index (χ0n) is 12.7. The Morgan fingerprint density at radius 3 is 2.73 bits per heavy atom. The van der Waals surface area contributed by atoms with Crippen LogP contribution in [0, 0.1) is 6.92 Å². The van der Waals surface area contributed by atoms with Gasteiger partial charge in [-0.1, -0.05) is 18.2 Å². The summed E-state index contributed by atoms with van der Waals surface area (Å²) in [5, 5.41) is 12.9. The maximum absolute atomic E-state index is 12.4. The number of aliphatic hydroxyl groups excluding tert-OH is 1. The summed E-state index contributed by atoms with van der Waals surface area (Å²) in [6, 6.07) is 11.1. The standard InChI is InChI=1S/C16H20N2O3S/c1-12-7-8-15(22-12)17-16(20)18(9-10-19)11-13-5-3-4-6-14(13)21-2/h3-8,19H,9-11H2,1-2H3,(H,17,20). The van der Waals surface area contributed by atoms with Gasteiger partial charge in [0.05, 0.1) is 25.3 Å². The summed E-state index contributed by atoms with van der Waals surface area (Å²) in [6.45, 7) is 2.53. The molecule has 0 aliphatic rings. The number of amides is 2. The second kappa shape index (κ2) is 7.82. The van der Waals surface area contributed by atoms with Crippen LogP contribution in [0.25, 0.3) is 0 Å². The molecule has 22 heavy (non-hydrogen) atoms. The van der Waals surface area contributed by atoms with Gasteiger partial charge in [0.25, 0.3) is 0 Å². The van der Waals surface area contributed by atoms with E-state index in [1.807, 2.05) is 43.3 Å². The fourth-order valence-electron chi connectivity index (χ4n) is 2.10. The van der Waals surface area contributed by atoms with Crippen LogP contribution in [0.5, 0.6) is 5.75 Å². The van der Waals surface area contributed by atoms with Crippen LogP contribution in [0.4, 0.5) is 9.80 Å². The van der Waals surface area contributed by atoms with Crippen LogP contribution in [0.3, 0.4) is 0 Å². The predicted molar refractivity (Wildman–Crippen MR) is 88.6 cm³/mol. The molecule has 0 unspecified atom stereocenters. The minimum absolute atomic E-state index is 0.0912. The molecule has 0 atom stereocenters. The third kappa shape index (κ3) is 4.22. The molecule has 0 saturated heterocycles.